The van der Waals surface area contributed by atoms with Gasteiger partial charge in [0.1, 0.15) is 5.82 Å². The normalized spacial score (nSPS) is 24.4. The maximum Gasteiger partial charge on any atom is 0.232 e. The Kier molecular flexibility index (Phi) is 4.86. The van der Waals surface area contributed by atoms with Crippen LogP contribution in [0.25, 0.3) is 11.4 Å². The molecule has 29 heavy (non-hydrogen) atoms. The summed E-state index contributed by atoms with van der Waals surface area (Å²) >= 11 is 0. The summed E-state index contributed by atoms with van der Waals surface area (Å²) in [6, 6.07) is 6.09. The molecule has 1 spiro atoms. The van der Waals surface area contributed by atoms with Crippen LogP contribution in [0.1, 0.15) is 50.3 Å². The predicted molar refractivity (Wildman–Crippen MR) is 103 cm³/mol. The Labute approximate surface area is 169 Å². The summed E-state index contributed by atoms with van der Waals surface area (Å²) in [6.45, 7) is 2.76. The van der Waals surface area contributed by atoms with Crippen molar-refractivity contribution in [1.82, 2.24) is 15.0 Å². The van der Waals surface area contributed by atoms with E-state index in [1.807, 2.05) is 4.90 Å². The lowest BCUT2D eigenvalue weighted by atomic mass is 9.72. The number of carbonyl (C=O) groups excluding carboxylic acids is 1. The summed E-state index contributed by atoms with van der Waals surface area (Å²) in [6.07, 6.45) is 6.09. The zero-order valence-corrected chi connectivity index (χ0v) is 16.5. The molecule has 0 N–H and O–H groups in total. The molecule has 2 aliphatic heterocycles. The molecular formula is C22H26FN3O3. The minimum atomic E-state index is -0.296. The number of rotatable bonds is 3. The van der Waals surface area contributed by atoms with Crippen molar-refractivity contribution in [2.75, 3.05) is 26.3 Å². The molecule has 3 aliphatic rings. The van der Waals surface area contributed by atoms with Gasteiger partial charge in [0, 0.05) is 43.2 Å². The number of ether oxygens (including phenoxy) is 1. The van der Waals surface area contributed by atoms with Gasteiger partial charge >= 0.3 is 0 Å². The number of amides is 1. The van der Waals surface area contributed by atoms with Crippen LogP contribution in [0.3, 0.4) is 0 Å². The Bertz CT molecular complexity index is 870. The highest BCUT2D eigenvalue weighted by Gasteiger charge is 2.52. The summed E-state index contributed by atoms with van der Waals surface area (Å²) in [5.41, 5.74) is 0.651. The number of halogens is 1. The molecule has 154 valence electrons. The molecule has 3 heterocycles. The Hall–Kier alpha value is -2.28. The highest BCUT2D eigenvalue weighted by molar-refractivity contribution is 5.79. The van der Waals surface area contributed by atoms with Gasteiger partial charge in [-0.05, 0) is 49.9 Å². The van der Waals surface area contributed by atoms with Crippen molar-refractivity contribution in [2.45, 2.75) is 44.4 Å². The van der Waals surface area contributed by atoms with E-state index >= 15 is 0 Å². The molecule has 2 saturated heterocycles. The molecule has 1 aromatic carbocycles. The molecule has 1 aromatic heterocycles. The number of aromatic nitrogens is 2. The lowest BCUT2D eigenvalue weighted by molar-refractivity contribution is -0.135. The smallest absolute Gasteiger partial charge is 0.232 e. The molecule has 0 unspecified atom stereocenters. The quantitative estimate of drug-likeness (QED) is 0.786. The summed E-state index contributed by atoms with van der Waals surface area (Å²) in [5, 5.41) is 4.14. The van der Waals surface area contributed by atoms with Gasteiger partial charge in [-0.25, -0.2) is 4.39 Å². The third kappa shape index (κ3) is 3.45. The molecule has 7 heteroatoms. The molecule has 1 saturated carbocycles. The first-order valence-electron chi connectivity index (χ1n) is 10.6. The summed E-state index contributed by atoms with van der Waals surface area (Å²) in [5.74, 6) is 1.21. The van der Waals surface area contributed by atoms with Gasteiger partial charge in [-0.3, -0.25) is 4.79 Å². The molecule has 0 bridgehead atoms. The van der Waals surface area contributed by atoms with Gasteiger partial charge in [-0.15, -0.1) is 0 Å². The summed E-state index contributed by atoms with van der Waals surface area (Å²) < 4.78 is 24.5. The first-order valence-corrected chi connectivity index (χ1v) is 10.6. The predicted octanol–water partition coefficient (Wildman–Crippen LogP) is 3.79. The van der Waals surface area contributed by atoms with Gasteiger partial charge in [0.2, 0.25) is 17.6 Å². The Balaban J connectivity index is 1.42. The van der Waals surface area contributed by atoms with Crippen LogP contribution in [-0.4, -0.2) is 47.3 Å². The van der Waals surface area contributed by atoms with E-state index in [1.165, 1.54) is 12.1 Å². The van der Waals surface area contributed by atoms with E-state index < -0.39 is 0 Å². The zero-order chi connectivity index (χ0) is 19.8. The third-order valence-electron chi connectivity index (χ3n) is 6.99. The van der Waals surface area contributed by atoms with Crippen molar-refractivity contribution in [3.8, 4) is 11.4 Å². The number of benzene rings is 1. The van der Waals surface area contributed by atoms with Crippen LogP contribution in [0.15, 0.2) is 28.8 Å². The van der Waals surface area contributed by atoms with E-state index in [4.69, 9.17) is 9.26 Å². The Morgan fingerprint density at radius 2 is 1.86 bits per heavy atom. The topological polar surface area (TPSA) is 68.5 Å². The largest absolute Gasteiger partial charge is 0.381 e. The maximum absolute atomic E-state index is 13.2. The molecular weight excluding hydrogens is 373 g/mol. The fourth-order valence-electron chi connectivity index (χ4n) is 5.29. The van der Waals surface area contributed by atoms with Gasteiger partial charge < -0.3 is 14.2 Å². The van der Waals surface area contributed by atoms with E-state index in [1.54, 1.807) is 12.1 Å². The molecule has 2 aromatic rings. The second-order valence-corrected chi connectivity index (χ2v) is 8.69. The number of nitrogens with zero attached hydrogens (tertiary/aromatic N) is 3. The minimum absolute atomic E-state index is 0.0125. The lowest BCUT2D eigenvalue weighted by Gasteiger charge is -2.36. The molecule has 1 amide bonds. The van der Waals surface area contributed by atoms with E-state index in [0.717, 1.165) is 50.6 Å². The van der Waals surface area contributed by atoms with Crippen LogP contribution >= 0.6 is 0 Å². The van der Waals surface area contributed by atoms with Crippen LogP contribution < -0.4 is 0 Å². The molecule has 5 rings (SSSR count). The van der Waals surface area contributed by atoms with Crippen LogP contribution in [0, 0.1) is 17.2 Å². The van der Waals surface area contributed by atoms with Crippen molar-refractivity contribution < 1.29 is 18.4 Å². The Morgan fingerprint density at radius 1 is 1.14 bits per heavy atom. The van der Waals surface area contributed by atoms with Crippen LogP contribution in [0.5, 0.6) is 0 Å². The summed E-state index contributed by atoms with van der Waals surface area (Å²) in [4.78, 5) is 19.8. The number of carbonyl (C=O) groups is 1. The molecule has 1 aliphatic carbocycles. The van der Waals surface area contributed by atoms with Crippen molar-refractivity contribution in [3.05, 3.63) is 36.0 Å². The average molecular weight is 399 g/mol. The lowest BCUT2D eigenvalue weighted by Crippen LogP contribution is -2.38. The molecule has 6 nitrogen and oxygen atoms in total. The van der Waals surface area contributed by atoms with Gasteiger partial charge in [0.25, 0.3) is 0 Å². The molecule has 0 radical (unpaired) electrons. The Morgan fingerprint density at radius 3 is 2.59 bits per heavy atom. The highest BCUT2D eigenvalue weighted by Crippen LogP contribution is 2.50. The van der Waals surface area contributed by atoms with Crippen LogP contribution in [-0.2, 0) is 9.53 Å². The second-order valence-electron chi connectivity index (χ2n) is 8.69. The zero-order valence-electron chi connectivity index (χ0n) is 16.5. The van der Waals surface area contributed by atoms with Crippen molar-refractivity contribution >= 4 is 5.91 Å². The first kappa shape index (κ1) is 18.7. The van der Waals surface area contributed by atoms with Gasteiger partial charge in [-0.2, -0.15) is 4.98 Å². The first-order chi connectivity index (χ1) is 14.1. The third-order valence-corrected chi connectivity index (χ3v) is 6.99. The van der Waals surface area contributed by atoms with E-state index in [-0.39, 0.29) is 29.0 Å². The van der Waals surface area contributed by atoms with Gasteiger partial charge in [0.05, 0.1) is 5.92 Å². The number of hydrogen-bond acceptors (Lipinski definition) is 5. The van der Waals surface area contributed by atoms with Crippen molar-refractivity contribution in [1.29, 1.82) is 0 Å². The average Bonchev–Trinajstić information content (AvgIpc) is 3.49. The van der Waals surface area contributed by atoms with Gasteiger partial charge in [0.15, 0.2) is 0 Å². The minimum Gasteiger partial charge on any atom is -0.381 e. The van der Waals surface area contributed by atoms with Crippen molar-refractivity contribution in [2.24, 2.45) is 11.3 Å². The number of hydrogen-bond donors (Lipinski definition) is 0. The fourth-order valence-corrected chi connectivity index (χ4v) is 5.29. The van der Waals surface area contributed by atoms with Gasteiger partial charge in [-0.1, -0.05) is 18.0 Å². The van der Waals surface area contributed by atoms with E-state index in [2.05, 4.69) is 10.1 Å². The highest BCUT2D eigenvalue weighted by atomic mass is 19.1. The molecule has 3 fully saturated rings. The second kappa shape index (κ2) is 7.52. The van der Waals surface area contributed by atoms with Crippen LogP contribution in [0.4, 0.5) is 4.39 Å². The van der Waals surface area contributed by atoms with E-state index in [9.17, 15) is 9.18 Å². The van der Waals surface area contributed by atoms with Crippen LogP contribution in [0.2, 0.25) is 0 Å². The SMILES string of the molecule is O=C(C1CCCC1)N1C[C@H](c2nc(-c3ccc(F)cc3)no2)C2(CCOCC2)C1. The molecule has 1 atom stereocenters. The summed E-state index contributed by atoms with van der Waals surface area (Å²) in [7, 11) is 0. The monoisotopic (exact) mass is 399 g/mol. The van der Waals surface area contributed by atoms with E-state index in [0.29, 0.717) is 31.5 Å². The number of likely N-dealkylation sites (tertiary alicyclic amines) is 1. The maximum atomic E-state index is 13.2. The fraction of sp³-hybridized carbons (Fsp3) is 0.591. The standard InChI is InChI=1S/C22H26FN3O3/c23-17-7-5-15(6-8-17)19-24-20(29-25-19)18-13-26(21(27)16-3-1-2-4-16)14-22(18)9-11-28-12-10-22/h5-8,16,18H,1-4,9-14H2/t18-/m1/s1. The van der Waals surface area contributed by atoms with Crippen molar-refractivity contribution in [3.63, 3.8) is 0 Å².